The molecule has 0 radical (unpaired) electrons. The molecule has 2 saturated carbocycles. The summed E-state index contributed by atoms with van der Waals surface area (Å²) in [5.41, 5.74) is 2.82. The molecule has 0 N–H and O–H groups in total. The van der Waals surface area contributed by atoms with Gasteiger partial charge in [0.1, 0.15) is 0 Å². The van der Waals surface area contributed by atoms with Gasteiger partial charge in [-0.3, -0.25) is 4.98 Å². The zero-order valence-electron chi connectivity index (χ0n) is 10.3. The third-order valence-corrected chi connectivity index (χ3v) is 4.84. The monoisotopic (exact) mass is 215 g/mol. The van der Waals surface area contributed by atoms with E-state index in [9.17, 15) is 0 Å². The van der Waals surface area contributed by atoms with Crippen molar-refractivity contribution in [2.75, 3.05) is 0 Å². The van der Waals surface area contributed by atoms with Crippen molar-refractivity contribution in [3.05, 3.63) is 29.6 Å². The van der Waals surface area contributed by atoms with Gasteiger partial charge in [0, 0.05) is 11.9 Å². The van der Waals surface area contributed by atoms with Crippen LogP contribution in [0.4, 0.5) is 0 Å². The van der Waals surface area contributed by atoms with Crippen LogP contribution >= 0.6 is 0 Å². The summed E-state index contributed by atoms with van der Waals surface area (Å²) in [6.07, 6.45) is 7.43. The topological polar surface area (TPSA) is 12.9 Å². The number of fused-ring (bicyclic) bond motifs is 2. The van der Waals surface area contributed by atoms with E-state index in [0.717, 1.165) is 30.1 Å². The van der Waals surface area contributed by atoms with Gasteiger partial charge in [-0.2, -0.15) is 0 Å². The van der Waals surface area contributed by atoms with E-state index in [1.165, 1.54) is 25.0 Å². The Morgan fingerprint density at radius 1 is 1.25 bits per heavy atom. The summed E-state index contributed by atoms with van der Waals surface area (Å²) in [6.45, 7) is 4.62. The summed E-state index contributed by atoms with van der Waals surface area (Å²) in [4.78, 5) is 4.41. The quantitative estimate of drug-likeness (QED) is 0.731. The Morgan fingerprint density at radius 2 is 2.12 bits per heavy atom. The Labute approximate surface area is 98.3 Å². The highest BCUT2D eigenvalue weighted by Gasteiger charge is 2.44. The highest BCUT2D eigenvalue weighted by Crippen LogP contribution is 2.55. The molecule has 2 bridgehead atoms. The van der Waals surface area contributed by atoms with Crippen molar-refractivity contribution in [2.45, 2.75) is 45.4 Å². The average molecular weight is 215 g/mol. The van der Waals surface area contributed by atoms with Gasteiger partial charge in [0.25, 0.3) is 0 Å². The molecule has 0 aromatic carbocycles. The maximum absolute atomic E-state index is 4.41. The second-order valence-corrected chi connectivity index (χ2v) is 5.75. The van der Waals surface area contributed by atoms with Gasteiger partial charge in [0.2, 0.25) is 0 Å². The van der Waals surface area contributed by atoms with Gasteiger partial charge in [-0.1, -0.05) is 13.8 Å². The fourth-order valence-electron chi connectivity index (χ4n) is 3.89. The zero-order chi connectivity index (χ0) is 11.1. The van der Waals surface area contributed by atoms with Gasteiger partial charge in [-0.25, -0.2) is 0 Å². The SMILES string of the molecule is CCc1cc(C2CC3CC2CC3C)ccn1. The standard InChI is InChI=1S/C15H21N/c1-3-14-8-11(4-5-16-14)15-9-12-7-13(15)6-10(12)2/h4-5,8,10,12-13,15H,3,6-7,9H2,1-2H3. The molecule has 1 heteroatoms. The molecule has 0 amide bonds. The summed E-state index contributed by atoms with van der Waals surface area (Å²) in [5.74, 6) is 3.79. The van der Waals surface area contributed by atoms with Crippen LogP contribution in [0, 0.1) is 17.8 Å². The first-order valence-corrected chi connectivity index (χ1v) is 6.72. The van der Waals surface area contributed by atoms with Crippen molar-refractivity contribution in [1.82, 2.24) is 4.98 Å². The van der Waals surface area contributed by atoms with Crippen molar-refractivity contribution in [3.8, 4) is 0 Å². The Kier molecular flexibility index (Phi) is 2.49. The van der Waals surface area contributed by atoms with Crippen LogP contribution in [-0.2, 0) is 6.42 Å². The van der Waals surface area contributed by atoms with Crippen molar-refractivity contribution in [3.63, 3.8) is 0 Å². The Morgan fingerprint density at radius 3 is 2.75 bits per heavy atom. The van der Waals surface area contributed by atoms with Crippen LogP contribution in [0.5, 0.6) is 0 Å². The van der Waals surface area contributed by atoms with E-state index in [-0.39, 0.29) is 0 Å². The molecular formula is C15H21N. The van der Waals surface area contributed by atoms with E-state index in [1.807, 2.05) is 6.20 Å². The van der Waals surface area contributed by atoms with Crippen LogP contribution in [0.1, 0.15) is 50.3 Å². The van der Waals surface area contributed by atoms with Gasteiger partial charge in [0.05, 0.1) is 0 Å². The van der Waals surface area contributed by atoms with Crippen LogP contribution < -0.4 is 0 Å². The number of hydrogen-bond acceptors (Lipinski definition) is 1. The largest absolute Gasteiger partial charge is 0.261 e. The lowest BCUT2D eigenvalue weighted by molar-refractivity contribution is 0.327. The Bertz CT molecular complexity index is 383. The second kappa shape index (κ2) is 3.87. The van der Waals surface area contributed by atoms with E-state index < -0.39 is 0 Å². The molecule has 4 unspecified atom stereocenters. The molecule has 1 heterocycles. The van der Waals surface area contributed by atoms with Gasteiger partial charge >= 0.3 is 0 Å². The predicted octanol–water partition coefficient (Wildman–Crippen LogP) is 3.79. The molecule has 2 aliphatic carbocycles. The second-order valence-electron chi connectivity index (χ2n) is 5.75. The molecule has 1 aromatic heterocycles. The summed E-state index contributed by atoms with van der Waals surface area (Å²) in [7, 11) is 0. The molecule has 0 spiro atoms. The smallest absolute Gasteiger partial charge is 0.0403 e. The van der Waals surface area contributed by atoms with E-state index >= 15 is 0 Å². The Balaban J connectivity index is 1.83. The van der Waals surface area contributed by atoms with Crippen LogP contribution in [0.15, 0.2) is 18.3 Å². The van der Waals surface area contributed by atoms with Crippen molar-refractivity contribution in [2.24, 2.45) is 17.8 Å². The van der Waals surface area contributed by atoms with Crippen LogP contribution in [0.3, 0.4) is 0 Å². The fourth-order valence-corrected chi connectivity index (χ4v) is 3.89. The first kappa shape index (κ1) is 10.3. The molecular weight excluding hydrogens is 194 g/mol. The Hall–Kier alpha value is -0.850. The normalized spacial score (nSPS) is 36.9. The van der Waals surface area contributed by atoms with Gasteiger partial charge < -0.3 is 0 Å². The van der Waals surface area contributed by atoms with E-state index in [1.54, 1.807) is 5.56 Å². The highest BCUT2D eigenvalue weighted by molar-refractivity contribution is 5.24. The number of aryl methyl sites for hydroxylation is 1. The third-order valence-electron chi connectivity index (χ3n) is 4.84. The molecule has 86 valence electrons. The lowest BCUT2D eigenvalue weighted by Gasteiger charge is -2.26. The van der Waals surface area contributed by atoms with E-state index in [0.29, 0.717) is 0 Å². The minimum Gasteiger partial charge on any atom is -0.261 e. The summed E-state index contributed by atoms with van der Waals surface area (Å²) < 4.78 is 0. The number of hydrogen-bond donors (Lipinski definition) is 0. The number of rotatable bonds is 2. The minimum atomic E-state index is 0.842. The number of nitrogens with zero attached hydrogens (tertiary/aromatic N) is 1. The molecule has 1 aromatic rings. The zero-order valence-corrected chi connectivity index (χ0v) is 10.3. The minimum absolute atomic E-state index is 0.842. The lowest BCUT2D eigenvalue weighted by Crippen LogP contribution is -2.14. The maximum atomic E-state index is 4.41. The average Bonchev–Trinajstić information content (AvgIpc) is 2.88. The number of pyridine rings is 1. The van der Waals surface area contributed by atoms with Crippen LogP contribution in [0.25, 0.3) is 0 Å². The first-order valence-electron chi connectivity index (χ1n) is 6.72. The van der Waals surface area contributed by atoms with Crippen molar-refractivity contribution < 1.29 is 0 Å². The molecule has 4 atom stereocenters. The number of aromatic nitrogens is 1. The van der Waals surface area contributed by atoms with Crippen molar-refractivity contribution >= 4 is 0 Å². The molecule has 3 rings (SSSR count). The van der Waals surface area contributed by atoms with Crippen LogP contribution in [-0.4, -0.2) is 4.98 Å². The molecule has 0 saturated heterocycles. The van der Waals surface area contributed by atoms with E-state index in [2.05, 4.69) is 31.0 Å². The molecule has 2 fully saturated rings. The van der Waals surface area contributed by atoms with Gasteiger partial charge in [-0.05, 0) is 67.1 Å². The maximum Gasteiger partial charge on any atom is 0.0403 e. The highest BCUT2D eigenvalue weighted by atomic mass is 14.7. The molecule has 0 aliphatic heterocycles. The fraction of sp³-hybridized carbons (Fsp3) is 0.667. The summed E-state index contributed by atoms with van der Waals surface area (Å²) in [6, 6.07) is 4.59. The molecule has 16 heavy (non-hydrogen) atoms. The van der Waals surface area contributed by atoms with Gasteiger partial charge in [0.15, 0.2) is 0 Å². The molecule has 2 aliphatic rings. The van der Waals surface area contributed by atoms with Gasteiger partial charge in [-0.15, -0.1) is 0 Å². The summed E-state index contributed by atoms with van der Waals surface area (Å²) in [5, 5.41) is 0. The van der Waals surface area contributed by atoms with E-state index in [4.69, 9.17) is 0 Å². The third kappa shape index (κ3) is 1.57. The first-order chi connectivity index (χ1) is 7.78. The predicted molar refractivity (Wildman–Crippen MR) is 66.4 cm³/mol. The lowest BCUT2D eigenvalue weighted by atomic mass is 9.79. The summed E-state index contributed by atoms with van der Waals surface area (Å²) >= 11 is 0. The molecule has 1 nitrogen and oxygen atoms in total. The van der Waals surface area contributed by atoms with Crippen molar-refractivity contribution in [1.29, 1.82) is 0 Å². The van der Waals surface area contributed by atoms with Crippen LogP contribution in [0.2, 0.25) is 0 Å².